The lowest BCUT2D eigenvalue weighted by Gasteiger charge is -2.11. The third-order valence-electron chi connectivity index (χ3n) is 1.92. The summed E-state index contributed by atoms with van der Waals surface area (Å²) in [7, 11) is 0. The van der Waals surface area contributed by atoms with E-state index in [1.165, 1.54) is 0 Å². The van der Waals surface area contributed by atoms with Crippen LogP contribution in [0.25, 0.3) is 0 Å². The molecule has 0 fully saturated rings. The molecule has 0 amide bonds. The van der Waals surface area contributed by atoms with Crippen LogP contribution in [0.2, 0.25) is 0 Å². The Morgan fingerprint density at radius 1 is 1.50 bits per heavy atom. The van der Waals surface area contributed by atoms with E-state index in [0.717, 1.165) is 25.4 Å². The van der Waals surface area contributed by atoms with Gasteiger partial charge < -0.3 is 10.1 Å². The van der Waals surface area contributed by atoms with Crippen molar-refractivity contribution in [2.75, 3.05) is 13.2 Å². The fourth-order valence-electron chi connectivity index (χ4n) is 1.25. The number of nitrogens with zero attached hydrogens (tertiary/aromatic N) is 1. The van der Waals surface area contributed by atoms with Gasteiger partial charge in [0.15, 0.2) is 0 Å². The van der Waals surface area contributed by atoms with Gasteiger partial charge in [0.05, 0.1) is 11.8 Å². The van der Waals surface area contributed by atoms with Gasteiger partial charge in [-0.25, -0.2) is 0 Å². The summed E-state index contributed by atoms with van der Waals surface area (Å²) >= 11 is 0. The van der Waals surface area contributed by atoms with Gasteiger partial charge in [-0.2, -0.15) is 0 Å². The Hall–Kier alpha value is -0.930. The van der Waals surface area contributed by atoms with Crippen molar-refractivity contribution in [3.63, 3.8) is 0 Å². The van der Waals surface area contributed by atoms with Gasteiger partial charge in [0.2, 0.25) is 0 Å². The van der Waals surface area contributed by atoms with Crippen LogP contribution in [0.5, 0.6) is 0 Å². The van der Waals surface area contributed by atoms with Crippen LogP contribution in [0.1, 0.15) is 19.5 Å². The first-order chi connectivity index (χ1) is 6.83. The topological polar surface area (TPSA) is 34.1 Å². The molecule has 0 radical (unpaired) electrons. The highest BCUT2D eigenvalue weighted by molar-refractivity contribution is 5.02. The van der Waals surface area contributed by atoms with Crippen molar-refractivity contribution in [3.05, 3.63) is 30.1 Å². The molecule has 3 heteroatoms. The molecule has 1 rings (SSSR count). The maximum atomic E-state index is 5.40. The highest BCUT2D eigenvalue weighted by Crippen LogP contribution is 1.93. The summed E-state index contributed by atoms with van der Waals surface area (Å²) in [5.74, 6) is 0. The van der Waals surface area contributed by atoms with Gasteiger partial charge in [-0.1, -0.05) is 6.07 Å². The lowest BCUT2D eigenvalue weighted by atomic mass is 10.3. The van der Waals surface area contributed by atoms with Crippen molar-refractivity contribution in [2.45, 2.75) is 26.5 Å². The van der Waals surface area contributed by atoms with E-state index in [1.54, 1.807) is 0 Å². The van der Waals surface area contributed by atoms with E-state index >= 15 is 0 Å². The van der Waals surface area contributed by atoms with Crippen molar-refractivity contribution in [3.8, 4) is 0 Å². The summed E-state index contributed by atoms with van der Waals surface area (Å²) in [5.41, 5.74) is 1.07. The van der Waals surface area contributed by atoms with Crippen molar-refractivity contribution in [2.24, 2.45) is 0 Å². The van der Waals surface area contributed by atoms with Crippen molar-refractivity contribution in [1.82, 2.24) is 10.3 Å². The minimum atomic E-state index is 0.267. The van der Waals surface area contributed by atoms with E-state index in [4.69, 9.17) is 4.74 Å². The number of hydrogen-bond donors (Lipinski definition) is 1. The minimum Gasteiger partial charge on any atom is -0.377 e. The maximum absolute atomic E-state index is 5.40. The molecular weight excluding hydrogens is 176 g/mol. The molecule has 0 saturated heterocycles. The van der Waals surface area contributed by atoms with Crippen LogP contribution < -0.4 is 5.32 Å². The van der Waals surface area contributed by atoms with E-state index in [0.29, 0.717) is 0 Å². The Kier molecular flexibility index (Phi) is 5.19. The fraction of sp³-hybridized carbons (Fsp3) is 0.545. The molecule has 0 aliphatic heterocycles. The van der Waals surface area contributed by atoms with Gasteiger partial charge in [-0.15, -0.1) is 0 Å². The number of nitrogens with one attached hydrogen (secondary N) is 1. The molecule has 0 bridgehead atoms. The first-order valence-corrected chi connectivity index (χ1v) is 5.05. The van der Waals surface area contributed by atoms with Crippen molar-refractivity contribution >= 4 is 0 Å². The Morgan fingerprint density at radius 2 is 2.36 bits per heavy atom. The Labute approximate surface area is 85.5 Å². The van der Waals surface area contributed by atoms with Crippen LogP contribution in [-0.4, -0.2) is 24.2 Å². The molecule has 1 heterocycles. The Morgan fingerprint density at radius 3 is 3.00 bits per heavy atom. The van der Waals surface area contributed by atoms with E-state index in [9.17, 15) is 0 Å². The van der Waals surface area contributed by atoms with Crippen LogP contribution in [0.4, 0.5) is 0 Å². The number of hydrogen-bond acceptors (Lipinski definition) is 3. The van der Waals surface area contributed by atoms with Gasteiger partial charge in [-0.05, 0) is 26.0 Å². The Balaban J connectivity index is 2.16. The molecule has 1 aromatic rings. The molecule has 0 spiro atoms. The zero-order valence-corrected chi connectivity index (χ0v) is 8.86. The second-order valence-electron chi connectivity index (χ2n) is 3.22. The zero-order chi connectivity index (χ0) is 10.2. The monoisotopic (exact) mass is 194 g/mol. The zero-order valence-electron chi connectivity index (χ0n) is 8.86. The lowest BCUT2D eigenvalue weighted by molar-refractivity contribution is 0.0759. The lowest BCUT2D eigenvalue weighted by Crippen LogP contribution is -2.26. The molecule has 1 unspecified atom stereocenters. The van der Waals surface area contributed by atoms with Gasteiger partial charge in [-0.3, -0.25) is 4.98 Å². The third kappa shape index (κ3) is 4.35. The van der Waals surface area contributed by atoms with E-state index in [-0.39, 0.29) is 6.10 Å². The number of ether oxygens (including phenoxy) is 1. The quantitative estimate of drug-likeness (QED) is 0.747. The smallest absolute Gasteiger partial charge is 0.0671 e. The highest BCUT2D eigenvalue weighted by Gasteiger charge is 1.99. The van der Waals surface area contributed by atoms with Crippen LogP contribution >= 0.6 is 0 Å². The van der Waals surface area contributed by atoms with Crippen LogP contribution in [0.3, 0.4) is 0 Å². The largest absolute Gasteiger partial charge is 0.377 e. The fourth-order valence-corrected chi connectivity index (χ4v) is 1.25. The molecule has 1 aromatic heterocycles. The summed E-state index contributed by atoms with van der Waals surface area (Å²) in [6, 6.07) is 5.93. The second kappa shape index (κ2) is 6.51. The van der Waals surface area contributed by atoms with Gasteiger partial charge >= 0.3 is 0 Å². The number of pyridine rings is 1. The molecular formula is C11H18N2O. The highest BCUT2D eigenvalue weighted by atomic mass is 16.5. The molecule has 1 atom stereocenters. The average molecular weight is 194 g/mol. The van der Waals surface area contributed by atoms with E-state index < -0.39 is 0 Å². The molecule has 78 valence electrons. The maximum Gasteiger partial charge on any atom is 0.0671 e. The van der Waals surface area contributed by atoms with Crippen molar-refractivity contribution < 1.29 is 4.74 Å². The van der Waals surface area contributed by atoms with Crippen molar-refractivity contribution in [1.29, 1.82) is 0 Å². The van der Waals surface area contributed by atoms with Gasteiger partial charge in [0, 0.05) is 25.9 Å². The predicted octanol–water partition coefficient (Wildman–Crippen LogP) is 1.60. The third-order valence-corrected chi connectivity index (χ3v) is 1.92. The van der Waals surface area contributed by atoms with Crippen LogP contribution in [-0.2, 0) is 11.3 Å². The summed E-state index contributed by atoms with van der Waals surface area (Å²) in [6.07, 6.45) is 2.08. The van der Waals surface area contributed by atoms with E-state index in [2.05, 4.69) is 17.2 Å². The molecule has 0 aliphatic carbocycles. The summed E-state index contributed by atoms with van der Waals surface area (Å²) in [4.78, 5) is 4.22. The normalized spacial score (nSPS) is 12.7. The summed E-state index contributed by atoms with van der Waals surface area (Å²) < 4.78 is 5.40. The molecule has 0 saturated carbocycles. The van der Waals surface area contributed by atoms with Gasteiger partial charge in [0.25, 0.3) is 0 Å². The Bertz CT molecular complexity index is 238. The first kappa shape index (κ1) is 11.1. The minimum absolute atomic E-state index is 0.267. The predicted molar refractivity (Wildman–Crippen MR) is 57.0 cm³/mol. The van der Waals surface area contributed by atoms with Crippen LogP contribution in [0.15, 0.2) is 24.4 Å². The average Bonchev–Trinajstić information content (AvgIpc) is 2.20. The molecule has 0 aliphatic rings. The van der Waals surface area contributed by atoms with Gasteiger partial charge in [0.1, 0.15) is 0 Å². The molecule has 14 heavy (non-hydrogen) atoms. The molecule has 1 N–H and O–H groups in total. The summed E-state index contributed by atoms with van der Waals surface area (Å²) in [6.45, 7) is 6.51. The number of rotatable bonds is 6. The number of aromatic nitrogens is 1. The summed E-state index contributed by atoms with van der Waals surface area (Å²) in [5, 5.41) is 3.30. The second-order valence-corrected chi connectivity index (χ2v) is 3.22. The first-order valence-electron chi connectivity index (χ1n) is 5.05. The van der Waals surface area contributed by atoms with E-state index in [1.807, 2.05) is 31.3 Å². The SMILES string of the molecule is CCOC(C)CNCc1ccccn1. The molecule has 3 nitrogen and oxygen atoms in total. The standard InChI is InChI=1S/C11H18N2O/c1-3-14-10(2)8-12-9-11-6-4-5-7-13-11/h4-7,10,12H,3,8-9H2,1-2H3. The molecule has 0 aromatic carbocycles. The van der Waals surface area contributed by atoms with Crippen LogP contribution in [0, 0.1) is 0 Å².